The van der Waals surface area contributed by atoms with Gasteiger partial charge in [0.2, 0.25) is 0 Å². The van der Waals surface area contributed by atoms with E-state index in [2.05, 4.69) is 4.98 Å². The van der Waals surface area contributed by atoms with Crippen molar-refractivity contribution in [2.24, 2.45) is 5.92 Å². The highest BCUT2D eigenvalue weighted by Gasteiger charge is 2.36. The number of nitrogens with two attached hydrogens (primary N) is 1. The van der Waals surface area contributed by atoms with E-state index in [1.165, 1.54) is 0 Å². The summed E-state index contributed by atoms with van der Waals surface area (Å²) in [5.41, 5.74) is 7.42. The molecule has 0 aromatic carbocycles. The zero-order valence-corrected chi connectivity index (χ0v) is 10.2. The van der Waals surface area contributed by atoms with Crippen molar-refractivity contribution in [3.8, 4) is 0 Å². The Balaban J connectivity index is 1.99. The first-order valence-corrected chi connectivity index (χ1v) is 6.20. The molecule has 4 nitrogen and oxygen atoms in total. The first kappa shape index (κ1) is 12.3. The van der Waals surface area contributed by atoms with Gasteiger partial charge in [-0.25, -0.2) is 0 Å². The van der Waals surface area contributed by atoms with Crippen LogP contribution in [-0.4, -0.2) is 28.9 Å². The molecule has 1 aliphatic carbocycles. The van der Waals surface area contributed by atoms with Gasteiger partial charge < -0.3 is 15.6 Å². The molecule has 1 fully saturated rings. The fraction of sp³-hybridized carbons (Fsp3) is 0.615. The zero-order chi connectivity index (χ0) is 12.3. The van der Waals surface area contributed by atoms with Gasteiger partial charge in [-0.3, -0.25) is 4.98 Å². The maximum atomic E-state index is 10.2. The molecule has 1 aromatic rings. The Morgan fingerprint density at radius 1 is 1.59 bits per heavy atom. The van der Waals surface area contributed by atoms with Gasteiger partial charge in [0, 0.05) is 31.1 Å². The lowest BCUT2D eigenvalue weighted by Gasteiger charge is -2.23. The molecule has 94 valence electrons. The lowest BCUT2D eigenvalue weighted by molar-refractivity contribution is -0.0439. The van der Waals surface area contributed by atoms with Crippen molar-refractivity contribution in [2.45, 2.75) is 38.4 Å². The number of nitrogens with zero attached hydrogens (tertiary/aromatic N) is 1. The van der Waals surface area contributed by atoms with Crippen LogP contribution < -0.4 is 5.73 Å². The maximum absolute atomic E-state index is 10.2. The average Bonchev–Trinajstić information content (AvgIpc) is 3.13. The third-order valence-electron chi connectivity index (χ3n) is 3.20. The average molecular weight is 236 g/mol. The van der Waals surface area contributed by atoms with Crippen molar-refractivity contribution in [3.63, 3.8) is 0 Å². The molecule has 17 heavy (non-hydrogen) atoms. The van der Waals surface area contributed by atoms with Crippen LogP contribution in [0.1, 0.15) is 25.3 Å². The molecule has 2 rings (SSSR count). The maximum Gasteiger partial charge on any atom is 0.0865 e. The number of pyridine rings is 1. The van der Waals surface area contributed by atoms with Crippen LogP contribution >= 0.6 is 0 Å². The summed E-state index contributed by atoms with van der Waals surface area (Å²) in [5, 5.41) is 10.2. The van der Waals surface area contributed by atoms with E-state index in [0.717, 1.165) is 18.4 Å². The van der Waals surface area contributed by atoms with Crippen molar-refractivity contribution < 1.29 is 9.84 Å². The summed E-state index contributed by atoms with van der Waals surface area (Å²) in [4.78, 5) is 4.03. The highest BCUT2D eigenvalue weighted by molar-refractivity contribution is 5.44. The predicted molar refractivity (Wildman–Crippen MR) is 66.5 cm³/mol. The highest BCUT2D eigenvalue weighted by Crippen LogP contribution is 2.36. The van der Waals surface area contributed by atoms with Crippen molar-refractivity contribution in [1.82, 2.24) is 4.98 Å². The molecule has 0 saturated heterocycles. The number of aliphatic hydroxyl groups is 1. The standard InChI is InChI=1S/C13H20N2O2/c1-2-17-13(9-3-4-9)12(16)7-10-8-15-6-5-11(10)14/h5-6,8-9,12-13,16H,2-4,7H2,1H3,(H2,14,15). The summed E-state index contributed by atoms with van der Waals surface area (Å²) in [6, 6.07) is 1.76. The Bertz CT molecular complexity index is 366. The van der Waals surface area contributed by atoms with E-state index in [-0.39, 0.29) is 6.10 Å². The predicted octanol–water partition coefficient (Wildman–Crippen LogP) is 1.38. The number of nitrogen functional groups attached to an aromatic ring is 1. The number of anilines is 1. The third kappa shape index (κ3) is 3.17. The van der Waals surface area contributed by atoms with Crippen LogP contribution in [0.15, 0.2) is 18.5 Å². The molecule has 0 radical (unpaired) electrons. The van der Waals surface area contributed by atoms with Crippen molar-refractivity contribution in [2.75, 3.05) is 12.3 Å². The Morgan fingerprint density at radius 2 is 2.35 bits per heavy atom. The van der Waals surface area contributed by atoms with E-state index in [4.69, 9.17) is 10.5 Å². The Kier molecular flexibility index (Phi) is 3.97. The van der Waals surface area contributed by atoms with E-state index < -0.39 is 6.10 Å². The van der Waals surface area contributed by atoms with Crippen molar-refractivity contribution >= 4 is 5.69 Å². The Morgan fingerprint density at radius 3 is 2.94 bits per heavy atom. The summed E-state index contributed by atoms with van der Waals surface area (Å²) >= 11 is 0. The fourth-order valence-corrected chi connectivity index (χ4v) is 2.13. The molecule has 1 aliphatic rings. The Hall–Kier alpha value is -1.13. The minimum Gasteiger partial charge on any atom is -0.398 e. The van der Waals surface area contributed by atoms with E-state index >= 15 is 0 Å². The monoisotopic (exact) mass is 236 g/mol. The van der Waals surface area contributed by atoms with Crippen molar-refractivity contribution in [1.29, 1.82) is 0 Å². The van der Waals surface area contributed by atoms with Crippen molar-refractivity contribution in [3.05, 3.63) is 24.0 Å². The van der Waals surface area contributed by atoms with Crippen LogP contribution in [0.2, 0.25) is 0 Å². The molecule has 0 spiro atoms. The normalized spacial score (nSPS) is 18.9. The molecule has 1 heterocycles. The molecule has 2 atom stereocenters. The van der Waals surface area contributed by atoms with Gasteiger partial charge in [-0.15, -0.1) is 0 Å². The topological polar surface area (TPSA) is 68.4 Å². The second kappa shape index (κ2) is 5.47. The van der Waals surface area contributed by atoms with Crippen LogP contribution in [0.3, 0.4) is 0 Å². The minimum absolute atomic E-state index is 0.0559. The summed E-state index contributed by atoms with van der Waals surface area (Å²) in [7, 11) is 0. The summed E-state index contributed by atoms with van der Waals surface area (Å²) in [5.74, 6) is 0.517. The third-order valence-corrected chi connectivity index (χ3v) is 3.20. The van der Waals surface area contributed by atoms with Gasteiger partial charge in [0.15, 0.2) is 0 Å². The molecular formula is C13H20N2O2. The van der Waals surface area contributed by atoms with Gasteiger partial charge in [0.1, 0.15) is 0 Å². The molecular weight excluding hydrogens is 216 g/mol. The largest absolute Gasteiger partial charge is 0.398 e. The van der Waals surface area contributed by atoms with Crippen LogP contribution in [-0.2, 0) is 11.2 Å². The van der Waals surface area contributed by atoms with Gasteiger partial charge in [-0.05, 0) is 37.3 Å². The minimum atomic E-state index is -0.492. The molecule has 4 heteroatoms. The van der Waals surface area contributed by atoms with Crippen LogP contribution in [0.4, 0.5) is 5.69 Å². The number of rotatable bonds is 6. The fourth-order valence-electron chi connectivity index (χ4n) is 2.13. The molecule has 1 saturated carbocycles. The molecule has 1 aromatic heterocycles. The molecule has 0 amide bonds. The molecule has 0 aliphatic heterocycles. The highest BCUT2D eigenvalue weighted by atomic mass is 16.5. The van der Waals surface area contributed by atoms with E-state index in [1.807, 2.05) is 6.92 Å². The van der Waals surface area contributed by atoms with Crippen LogP contribution in [0, 0.1) is 5.92 Å². The van der Waals surface area contributed by atoms with Gasteiger partial charge in [-0.1, -0.05) is 0 Å². The molecule has 0 bridgehead atoms. The lowest BCUT2D eigenvalue weighted by atomic mass is 10.0. The first-order valence-electron chi connectivity index (χ1n) is 6.20. The number of ether oxygens (including phenoxy) is 1. The SMILES string of the molecule is CCOC(C(O)Cc1cnccc1N)C1CC1. The van der Waals surface area contributed by atoms with Crippen LogP contribution in [0.25, 0.3) is 0 Å². The second-order valence-electron chi connectivity index (χ2n) is 4.60. The number of hydrogen-bond acceptors (Lipinski definition) is 4. The first-order chi connectivity index (χ1) is 8.22. The summed E-state index contributed by atoms with van der Waals surface area (Å²) in [6.07, 6.45) is 5.66. The number of hydrogen-bond donors (Lipinski definition) is 2. The summed E-state index contributed by atoms with van der Waals surface area (Å²) in [6.45, 7) is 2.60. The number of aliphatic hydroxyl groups excluding tert-OH is 1. The molecule has 3 N–H and O–H groups in total. The zero-order valence-electron chi connectivity index (χ0n) is 10.2. The second-order valence-corrected chi connectivity index (χ2v) is 4.60. The quantitative estimate of drug-likeness (QED) is 0.783. The Labute approximate surface area is 102 Å². The van der Waals surface area contributed by atoms with Gasteiger partial charge in [0.05, 0.1) is 12.2 Å². The molecule has 2 unspecified atom stereocenters. The number of aromatic nitrogens is 1. The van der Waals surface area contributed by atoms with E-state index in [9.17, 15) is 5.11 Å². The van der Waals surface area contributed by atoms with E-state index in [1.54, 1.807) is 18.5 Å². The van der Waals surface area contributed by atoms with E-state index in [0.29, 0.717) is 24.6 Å². The van der Waals surface area contributed by atoms with Crippen LogP contribution in [0.5, 0.6) is 0 Å². The summed E-state index contributed by atoms with van der Waals surface area (Å²) < 4.78 is 5.63. The van der Waals surface area contributed by atoms with Gasteiger partial charge >= 0.3 is 0 Å². The van der Waals surface area contributed by atoms with Gasteiger partial charge in [-0.2, -0.15) is 0 Å². The van der Waals surface area contributed by atoms with Gasteiger partial charge in [0.25, 0.3) is 0 Å². The smallest absolute Gasteiger partial charge is 0.0865 e. The lowest BCUT2D eigenvalue weighted by Crippen LogP contribution is -2.33.